The van der Waals surface area contributed by atoms with Crippen molar-refractivity contribution in [3.05, 3.63) is 48.6 Å². The van der Waals surface area contributed by atoms with Crippen molar-refractivity contribution >= 4 is 6.09 Å². The molecule has 2 N–H and O–H groups in total. The minimum Gasteiger partial charge on any atom is -0.445 e. The lowest BCUT2D eigenvalue weighted by Gasteiger charge is -2.17. The molecule has 4 heteroatoms. The molecule has 0 radical (unpaired) electrons. The lowest BCUT2D eigenvalue weighted by molar-refractivity contribution is 0.135. The van der Waals surface area contributed by atoms with Gasteiger partial charge in [-0.05, 0) is 38.4 Å². The second kappa shape index (κ2) is 10.9. The Labute approximate surface area is 127 Å². The lowest BCUT2D eigenvalue weighted by atomic mass is 10.1. The molecule has 0 aliphatic carbocycles. The molecular weight excluding hydrogens is 264 g/mol. The first-order chi connectivity index (χ1) is 10.3. The van der Waals surface area contributed by atoms with Crippen molar-refractivity contribution in [2.45, 2.75) is 38.3 Å². The maximum absolute atomic E-state index is 11.8. The summed E-state index contributed by atoms with van der Waals surface area (Å²) in [6, 6.07) is 9.77. The van der Waals surface area contributed by atoms with E-state index in [0.717, 1.165) is 37.8 Å². The molecule has 4 nitrogen and oxygen atoms in total. The van der Waals surface area contributed by atoms with Gasteiger partial charge in [-0.15, -0.1) is 6.58 Å². The van der Waals surface area contributed by atoms with Crippen LogP contribution in [0, 0.1) is 0 Å². The number of nitrogens with one attached hydrogen (secondary N) is 2. The van der Waals surface area contributed by atoms with Gasteiger partial charge in [0.2, 0.25) is 0 Å². The highest BCUT2D eigenvalue weighted by atomic mass is 16.5. The van der Waals surface area contributed by atoms with Gasteiger partial charge in [0.15, 0.2) is 0 Å². The molecule has 21 heavy (non-hydrogen) atoms. The van der Waals surface area contributed by atoms with E-state index in [4.69, 9.17) is 4.74 Å². The highest BCUT2D eigenvalue weighted by Crippen LogP contribution is 2.06. The van der Waals surface area contributed by atoms with Gasteiger partial charge < -0.3 is 15.4 Å². The number of unbranched alkanes of at least 4 members (excludes halogenated alkanes) is 1. The monoisotopic (exact) mass is 290 g/mol. The lowest BCUT2D eigenvalue weighted by Crippen LogP contribution is -2.35. The largest absolute Gasteiger partial charge is 0.445 e. The Kier molecular flexibility index (Phi) is 8.96. The van der Waals surface area contributed by atoms with Gasteiger partial charge in [-0.25, -0.2) is 4.79 Å². The molecule has 1 aromatic carbocycles. The molecule has 1 atom stereocenters. The molecular formula is C17H26N2O2. The van der Waals surface area contributed by atoms with Crippen molar-refractivity contribution < 1.29 is 9.53 Å². The van der Waals surface area contributed by atoms with Crippen molar-refractivity contribution in [2.24, 2.45) is 0 Å². The minimum atomic E-state index is -0.362. The Bertz CT molecular complexity index is 407. The average Bonchev–Trinajstić information content (AvgIpc) is 2.51. The van der Waals surface area contributed by atoms with Crippen LogP contribution >= 0.6 is 0 Å². The molecule has 0 unspecified atom stereocenters. The van der Waals surface area contributed by atoms with E-state index >= 15 is 0 Å². The predicted molar refractivity (Wildman–Crippen MR) is 86.1 cm³/mol. The van der Waals surface area contributed by atoms with E-state index in [9.17, 15) is 4.79 Å². The second-order valence-corrected chi connectivity index (χ2v) is 5.03. The van der Waals surface area contributed by atoms with Crippen LogP contribution in [-0.4, -0.2) is 25.7 Å². The third kappa shape index (κ3) is 8.15. The number of hydrogen-bond donors (Lipinski definition) is 2. The third-order valence-corrected chi connectivity index (χ3v) is 3.22. The molecule has 1 amide bonds. The SMILES string of the molecule is C=CC[C@H](CCCCNC)NC(=O)OCc1ccccc1. The molecule has 0 saturated heterocycles. The van der Waals surface area contributed by atoms with Crippen LogP contribution in [0.1, 0.15) is 31.2 Å². The fraction of sp³-hybridized carbons (Fsp3) is 0.471. The van der Waals surface area contributed by atoms with Crippen LogP contribution in [0.2, 0.25) is 0 Å². The van der Waals surface area contributed by atoms with Gasteiger partial charge in [0.25, 0.3) is 0 Å². The van der Waals surface area contributed by atoms with Gasteiger partial charge in [0.05, 0.1) is 0 Å². The standard InChI is InChI=1S/C17H26N2O2/c1-3-9-16(12-7-8-13-18-2)19-17(20)21-14-15-10-5-4-6-11-15/h3-6,10-11,16,18H,1,7-9,12-14H2,2H3,(H,19,20)/t16-/m1/s1. The number of hydrogen-bond acceptors (Lipinski definition) is 3. The fourth-order valence-electron chi connectivity index (χ4n) is 2.07. The highest BCUT2D eigenvalue weighted by molar-refractivity contribution is 5.67. The van der Waals surface area contributed by atoms with Gasteiger partial charge >= 0.3 is 6.09 Å². The normalized spacial score (nSPS) is 11.7. The molecule has 0 aliphatic rings. The zero-order valence-electron chi connectivity index (χ0n) is 12.8. The Morgan fingerprint density at radius 1 is 1.33 bits per heavy atom. The first-order valence-electron chi connectivity index (χ1n) is 7.49. The number of benzene rings is 1. The number of alkyl carbamates (subject to hydrolysis) is 1. The molecule has 1 aromatic rings. The quantitative estimate of drug-likeness (QED) is 0.514. The smallest absolute Gasteiger partial charge is 0.407 e. The molecule has 1 rings (SSSR count). The van der Waals surface area contributed by atoms with E-state index in [1.54, 1.807) is 0 Å². The van der Waals surface area contributed by atoms with Crippen LogP contribution in [0.15, 0.2) is 43.0 Å². The van der Waals surface area contributed by atoms with Crippen molar-refractivity contribution in [1.29, 1.82) is 0 Å². The molecule has 0 saturated carbocycles. The van der Waals surface area contributed by atoms with Crippen molar-refractivity contribution in [3.8, 4) is 0 Å². The summed E-state index contributed by atoms with van der Waals surface area (Å²) >= 11 is 0. The van der Waals surface area contributed by atoms with Crippen LogP contribution < -0.4 is 10.6 Å². The number of rotatable bonds is 10. The number of carbonyl (C=O) groups is 1. The van der Waals surface area contributed by atoms with Gasteiger partial charge in [0.1, 0.15) is 6.61 Å². The summed E-state index contributed by atoms with van der Waals surface area (Å²) < 4.78 is 5.24. The molecule has 0 heterocycles. The fourth-order valence-corrected chi connectivity index (χ4v) is 2.07. The zero-order valence-corrected chi connectivity index (χ0v) is 12.8. The number of carbonyl (C=O) groups excluding carboxylic acids is 1. The summed E-state index contributed by atoms with van der Waals surface area (Å²) in [6.45, 7) is 5.04. The Morgan fingerprint density at radius 2 is 2.10 bits per heavy atom. The van der Waals surface area contributed by atoms with Crippen molar-refractivity contribution in [1.82, 2.24) is 10.6 Å². The van der Waals surface area contributed by atoms with Gasteiger partial charge in [0, 0.05) is 6.04 Å². The van der Waals surface area contributed by atoms with Crippen LogP contribution in [0.25, 0.3) is 0 Å². The molecule has 0 spiro atoms. The molecule has 116 valence electrons. The maximum Gasteiger partial charge on any atom is 0.407 e. The van der Waals surface area contributed by atoms with Crippen LogP contribution in [-0.2, 0) is 11.3 Å². The minimum absolute atomic E-state index is 0.0997. The Balaban J connectivity index is 2.29. The van der Waals surface area contributed by atoms with Crippen LogP contribution in [0.4, 0.5) is 4.79 Å². The molecule has 0 bridgehead atoms. The summed E-state index contributed by atoms with van der Waals surface area (Å²) in [5.74, 6) is 0. The van der Waals surface area contributed by atoms with Gasteiger partial charge in [-0.3, -0.25) is 0 Å². The summed E-state index contributed by atoms with van der Waals surface area (Å²) in [5, 5.41) is 6.03. The highest BCUT2D eigenvalue weighted by Gasteiger charge is 2.11. The maximum atomic E-state index is 11.8. The molecule has 0 aromatic heterocycles. The van der Waals surface area contributed by atoms with E-state index in [-0.39, 0.29) is 12.1 Å². The average molecular weight is 290 g/mol. The first kappa shape index (κ1) is 17.2. The van der Waals surface area contributed by atoms with Crippen molar-refractivity contribution in [3.63, 3.8) is 0 Å². The van der Waals surface area contributed by atoms with Crippen LogP contribution in [0.3, 0.4) is 0 Å². The summed E-state index contributed by atoms with van der Waals surface area (Å²) in [6.07, 6.45) is 5.34. The van der Waals surface area contributed by atoms with E-state index in [1.165, 1.54) is 0 Å². The second-order valence-electron chi connectivity index (χ2n) is 5.03. The summed E-state index contributed by atoms with van der Waals surface area (Å²) in [5.41, 5.74) is 0.988. The summed E-state index contributed by atoms with van der Waals surface area (Å²) in [7, 11) is 1.94. The predicted octanol–water partition coefficient (Wildman–Crippen LogP) is 3.25. The van der Waals surface area contributed by atoms with E-state index in [2.05, 4.69) is 17.2 Å². The zero-order chi connectivity index (χ0) is 15.3. The van der Waals surface area contributed by atoms with Crippen LogP contribution in [0.5, 0.6) is 0 Å². The van der Waals surface area contributed by atoms with Crippen molar-refractivity contribution in [2.75, 3.05) is 13.6 Å². The molecule has 0 fully saturated rings. The Morgan fingerprint density at radius 3 is 2.76 bits per heavy atom. The van der Waals surface area contributed by atoms with E-state index < -0.39 is 0 Å². The topological polar surface area (TPSA) is 50.4 Å². The van der Waals surface area contributed by atoms with E-state index in [1.807, 2.05) is 43.5 Å². The number of ether oxygens (including phenoxy) is 1. The van der Waals surface area contributed by atoms with E-state index in [0.29, 0.717) is 6.61 Å². The first-order valence-corrected chi connectivity index (χ1v) is 7.49. The van der Waals surface area contributed by atoms with Gasteiger partial charge in [-0.1, -0.05) is 42.8 Å². The summed E-state index contributed by atoms with van der Waals surface area (Å²) in [4.78, 5) is 11.8. The molecule has 0 aliphatic heterocycles. The van der Waals surface area contributed by atoms with Gasteiger partial charge in [-0.2, -0.15) is 0 Å². The Hall–Kier alpha value is -1.81. The number of amides is 1. The third-order valence-electron chi connectivity index (χ3n) is 3.22.